The van der Waals surface area contributed by atoms with Gasteiger partial charge in [0.2, 0.25) is 10.0 Å². The molecule has 9 heteroatoms. The second kappa shape index (κ2) is 8.13. The van der Waals surface area contributed by atoms with Crippen LogP contribution in [0.3, 0.4) is 0 Å². The Balaban J connectivity index is 1.45. The van der Waals surface area contributed by atoms with Crippen molar-refractivity contribution in [3.63, 3.8) is 0 Å². The third kappa shape index (κ3) is 4.91. The first-order chi connectivity index (χ1) is 12.0. The van der Waals surface area contributed by atoms with Crippen LogP contribution in [0.2, 0.25) is 0 Å². The van der Waals surface area contributed by atoms with Crippen LogP contribution in [-0.4, -0.2) is 53.4 Å². The number of ether oxygens (including phenoxy) is 3. The Morgan fingerprint density at radius 2 is 2.24 bits per heavy atom. The Labute approximate surface area is 146 Å². The summed E-state index contributed by atoms with van der Waals surface area (Å²) in [7, 11) is -3.65. The van der Waals surface area contributed by atoms with Crippen LogP contribution in [0.4, 0.5) is 5.69 Å². The fraction of sp³-hybridized carbons (Fsp3) is 0.562. The van der Waals surface area contributed by atoms with Crippen LogP contribution in [0.15, 0.2) is 23.1 Å². The standard InChI is InChI=1S/C16H22N2O6S/c19-16-11-24-15-5-4-13(9-14(15)18-16)25(20,21)17-6-2-7-22-10-12-3-1-8-23-12/h4-5,9,12,17H,1-3,6-8,10-11H2,(H,18,19). The summed E-state index contributed by atoms with van der Waals surface area (Å²) in [6.45, 7) is 2.02. The van der Waals surface area contributed by atoms with Crippen LogP contribution in [0.1, 0.15) is 19.3 Å². The molecule has 2 aliphatic heterocycles. The fourth-order valence-corrected chi connectivity index (χ4v) is 3.78. The molecule has 2 N–H and O–H groups in total. The van der Waals surface area contributed by atoms with Crippen molar-refractivity contribution in [3.05, 3.63) is 18.2 Å². The van der Waals surface area contributed by atoms with E-state index in [0.717, 1.165) is 19.4 Å². The van der Waals surface area contributed by atoms with Crippen molar-refractivity contribution in [2.24, 2.45) is 0 Å². The molecule has 0 aliphatic carbocycles. The minimum Gasteiger partial charge on any atom is -0.482 e. The average Bonchev–Trinajstić information content (AvgIpc) is 3.10. The van der Waals surface area contributed by atoms with Gasteiger partial charge < -0.3 is 19.5 Å². The van der Waals surface area contributed by atoms with Gasteiger partial charge in [-0.25, -0.2) is 13.1 Å². The fourth-order valence-electron chi connectivity index (χ4n) is 2.68. The maximum atomic E-state index is 12.3. The molecule has 2 aliphatic rings. The molecule has 0 radical (unpaired) electrons. The highest BCUT2D eigenvalue weighted by Crippen LogP contribution is 2.29. The normalized spacial score (nSPS) is 20.0. The summed E-state index contributed by atoms with van der Waals surface area (Å²) in [6.07, 6.45) is 2.83. The molecular weight excluding hydrogens is 348 g/mol. The largest absolute Gasteiger partial charge is 0.482 e. The molecule has 0 saturated carbocycles. The molecule has 1 aromatic rings. The number of sulfonamides is 1. The Hall–Kier alpha value is -1.68. The number of rotatable bonds is 8. The van der Waals surface area contributed by atoms with Crippen molar-refractivity contribution in [1.29, 1.82) is 0 Å². The number of carbonyl (C=O) groups excluding carboxylic acids is 1. The number of anilines is 1. The van der Waals surface area contributed by atoms with Crippen molar-refractivity contribution in [3.8, 4) is 5.75 Å². The van der Waals surface area contributed by atoms with E-state index in [0.29, 0.717) is 31.1 Å². The first-order valence-electron chi connectivity index (χ1n) is 8.30. The minimum atomic E-state index is -3.65. The predicted octanol–water partition coefficient (Wildman–Crippen LogP) is 0.881. The molecule has 25 heavy (non-hydrogen) atoms. The van der Waals surface area contributed by atoms with Crippen molar-refractivity contribution in [2.75, 3.05) is 38.3 Å². The molecule has 0 aromatic heterocycles. The maximum Gasteiger partial charge on any atom is 0.262 e. The smallest absolute Gasteiger partial charge is 0.262 e. The summed E-state index contributed by atoms with van der Waals surface area (Å²) in [4.78, 5) is 11.4. The molecule has 2 heterocycles. The van der Waals surface area contributed by atoms with Crippen LogP contribution in [0.25, 0.3) is 0 Å². The van der Waals surface area contributed by atoms with E-state index in [2.05, 4.69) is 10.0 Å². The van der Waals surface area contributed by atoms with Gasteiger partial charge in [-0.1, -0.05) is 0 Å². The maximum absolute atomic E-state index is 12.3. The molecule has 1 unspecified atom stereocenters. The van der Waals surface area contributed by atoms with E-state index in [-0.39, 0.29) is 30.1 Å². The number of fused-ring (bicyclic) bond motifs is 1. The molecule has 8 nitrogen and oxygen atoms in total. The summed E-state index contributed by atoms with van der Waals surface area (Å²) in [6, 6.07) is 4.38. The summed E-state index contributed by atoms with van der Waals surface area (Å²) >= 11 is 0. The lowest BCUT2D eigenvalue weighted by Gasteiger charge is -2.18. The van der Waals surface area contributed by atoms with Crippen LogP contribution < -0.4 is 14.8 Å². The quantitative estimate of drug-likeness (QED) is 0.659. The second-order valence-electron chi connectivity index (χ2n) is 5.96. The van der Waals surface area contributed by atoms with E-state index in [1.165, 1.54) is 18.2 Å². The molecule has 1 saturated heterocycles. The zero-order valence-electron chi connectivity index (χ0n) is 13.8. The summed E-state index contributed by atoms with van der Waals surface area (Å²) in [5, 5.41) is 2.60. The lowest BCUT2D eigenvalue weighted by atomic mass is 10.2. The number of carbonyl (C=O) groups is 1. The second-order valence-corrected chi connectivity index (χ2v) is 7.72. The van der Waals surface area contributed by atoms with Crippen molar-refractivity contribution in [1.82, 2.24) is 4.72 Å². The first kappa shape index (κ1) is 18.1. The number of benzene rings is 1. The zero-order valence-corrected chi connectivity index (χ0v) is 14.6. The third-order valence-corrected chi connectivity index (χ3v) is 5.44. The van der Waals surface area contributed by atoms with Crippen molar-refractivity contribution in [2.45, 2.75) is 30.3 Å². The van der Waals surface area contributed by atoms with Crippen LogP contribution in [0.5, 0.6) is 5.75 Å². The van der Waals surface area contributed by atoms with Gasteiger partial charge in [0.25, 0.3) is 5.91 Å². The Bertz CT molecular complexity index is 715. The lowest BCUT2D eigenvalue weighted by molar-refractivity contribution is -0.118. The molecule has 1 atom stereocenters. The summed E-state index contributed by atoms with van der Waals surface area (Å²) in [5.74, 6) is 0.152. The van der Waals surface area contributed by atoms with Gasteiger partial charge in [-0.3, -0.25) is 4.79 Å². The summed E-state index contributed by atoms with van der Waals surface area (Å²) in [5.41, 5.74) is 0.360. The van der Waals surface area contributed by atoms with Gasteiger partial charge in [0.1, 0.15) is 5.75 Å². The highest BCUT2D eigenvalue weighted by atomic mass is 32.2. The third-order valence-electron chi connectivity index (χ3n) is 3.98. The summed E-state index contributed by atoms with van der Waals surface area (Å²) < 4.78 is 43.3. The molecule has 138 valence electrons. The highest BCUT2D eigenvalue weighted by molar-refractivity contribution is 7.89. The minimum absolute atomic E-state index is 0.0662. The van der Waals surface area contributed by atoms with E-state index in [9.17, 15) is 13.2 Å². The van der Waals surface area contributed by atoms with Gasteiger partial charge >= 0.3 is 0 Å². The Kier molecular flexibility index (Phi) is 5.89. The first-order valence-corrected chi connectivity index (χ1v) is 9.79. The van der Waals surface area contributed by atoms with Crippen LogP contribution in [-0.2, 0) is 24.3 Å². The Morgan fingerprint density at radius 3 is 3.04 bits per heavy atom. The van der Waals surface area contributed by atoms with E-state index in [1.54, 1.807) is 0 Å². The number of hydrogen-bond acceptors (Lipinski definition) is 6. The van der Waals surface area contributed by atoms with E-state index >= 15 is 0 Å². The highest BCUT2D eigenvalue weighted by Gasteiger charge is 2.20. The van der Waals surface area contributed by atoms with Gasteiger partial charge in [-0.05, 0) is 37.5 Å². The molecule has 0 bridgehead atoms. The molecule has 1 fully saturated rings. The van der Waals surface area contributed by atoms with Crippen molar-refractivity contribution >= 4 is 21.6 Å². The zero-order chi connectivity index (χ0) is 17.7. The topological polar surface area (TPSA) is 103 Å². The number of hydrogen-bond donors (Lipinski definition) is 2. The molecule has 0 spiro atoms. The molecular formula is C16H22N2O6S. The monoisotopic (exact) mass is 370 g/mol. The number of nitrogens with one attached hydrogen (secondary N) is 2. The van der Waals surface area contributed by atoms with Gasteiger partial charge in [0.05, 0.1) is 23.3 Å². The van der Waals surface area contributed by atoms with Crippen molar-refractivity contribution < 1.29 is 27.4 Å². The number of amides is 1. The van der Waals surface area contributed by atoms with Crippen LogP contribution >= 0.6 is 0 Å². The average molecular weight is 370 g/mol. The van der Waals surface area contributed by atoms with E-state index in [4.69, 9.17) is 14.2 Å². The SMILES string of the molecule is O=C1COc2ccc(S(=O)(=O)NCCCOCC3CCCO3)cc2N1. The van der Waals surface area contributed by atoms with E-state index < -0.39 is 10.0 Å². The molecule has 3 rings (SSSR count). The predicted molar refractivity (Wildman–Crippen MR) is 90.2 cm³/mol. The van der Waals surface area contributed by atoms with Gasteiger partial charge in [-0.2, -0.15) is 0 Å². The van der Waals surface area contributed by atoms with Gasteiger partial charge in [-0.15, -0.1) is 0 Å². The Morgan fingerprint density at radius 1 is 1.36 bits per heavy atom. The molecule has 1 aromatic carbocycles. The van der Waals surface area contributed by atoms with Crippen LogP contribution in [0, 0.1) is 0 Å². The van der Waals surface area contributed by atoms with Gasteiger partial charge in [0, 0.05) is 19.8 Å². The van der Waals surface area contributed by atoms with E-state index in [1.807, 2.05) is 0 Å². The molecule has 1 amide bonds. The lowest BCUT2D eigenvalue weighted by Crippen LogP contribution is -2.28. The van der Waals surface area contributed by atoms with Gasteiger partial charge in [0.15, 0.2) is 6.61 Å².